The van der Waals surface area contributed by atoms with Crippen LogP contribution in [0.1, 0.15) is 49.8 Å². The van der Waals surface area contributed by atoms with Crippen LogP contribution in [0.25, 0.3) is 0 Å². The Morgan fingerprint density at radius 3 is 2.43 bits per heavy atom. The Balaban J connectivity index is 2.70. The molecule has 0 bridgehead atoms. The molecule has 0 unspecified atom stereocenters. The van der Waals surface area contributed by atoms with Crippen molar-refractivity contribution in [2.45, 2.75) is 53.4 Å². The number of unbranched alkanes of at least 4 members (excludes halogenated alkanes) is 1. The monoisotopic (exact) mass is 321 g/mol. The number of allylic oxidation sites excluding steroid dienone is 2. The first-order chi connectivity index (χ1) is 10.8. The van der Waals surface area contributed by atoms with Crippen molar-refractivity contribution in [1.29, 1.82) is 0 Å². The predicted molar refractivity (Wildman–Crippen MR) is 90.8 cm³/mol. The van der Waals surface area contributed by atoms with E-state index in [1.54, 1.807) is 31.5 Å². The topological polar surface area (TPSA) is 49.3 Å². The molecule has 0 aliphatic carbocycles. The second kappa shape index (κ2) is 9.46. The molecule has 3 nitrogen and oxygen atoms in total. The second-order valence-corrected chi connectivity index (χ2v) is 6.52. The quantitative estimate of drug-likeness (QED) is 0.321. The van der Waals surface area contributed by atoms with Gasteiger partial charge in [-0.25, -0.2) is 9.87 Å². The fraction of sp³-hybridized carbons (Fsp3) is 0.526. The van der Waals surface area contributed by atoms with E-state index >= 15 is 0 Å². The first kappa shape index (κ1) is 19.4. The molecular formula is C19H28FNO2. The van der Waals surface area contributed by atoms with Crippen molar-refractivity contribution in [2.75, 3.05) is 0 Å². The van der Waals surface area contributed by atoms with Gasteiger partial charge in [0.2, 0.25) is 5.91 Å². The number of nitrogens with one attached hydrogen (secondary N) is 1. The molecule has 0 aromatic heterocycles. The fourth-order valence-corrected chi connectivity index (χ4v) is 2.71. The molecule has 0 aliphatic heterocycles. The van der Waals surface area contributed by atoms with Gasteiger partial charge in [0, 0.05) is 5.92 Å². The lowest BCUT2D eigenvalue weighted by molar-refractivity contribution is -0.133. The summed E-state index contributed by atoms with van der Waals surface area (Å²) in [6, 6.07) is 3.55. The van der Waals surface area contributed by atoms with Gasteiger partial charge in [0.1, 0.15) is 5.82 Å². The van der Waals surface area contributed by atoms with Gasteiger partial charge in [-0.2, -0.15) is 0 Å². The Morgan fingerprint density at radius 1 is 1.30 bits per heavy atom. The molecule has 0 saturated carbocycles. The number of aryl methyl sites for hydroxylation is 2. The zero-order valence-corrected chi connectivity index (χ0v) is 14.5. The summed E-state index contributed by atoms with van der Waals surface area (Å²) >= 11 is 0. The van der Waals surface area contributed by atoms with E-state index in [1.807, 2.05) is 0 Å². The van der Waals surface area contributed by atoms with E-state index in [4.69, 9.17) is 5.21 Å². The van der Waals surface area contributed by atoms with E-state index in [0.29, 0.717) is 29.9 Å². The number of amides is 1. The Morgan fingerprint density at radius 2 is 1.91 bits per heavy atom. The number of carbonyl (C=O) groups excluding carboxylic acids is 1. The van der Waals surface area contributed by atoms with E-state index in [0.717, 1.165) is 18.4 Å². The van der Waals surface area contributed by atoms with Crippen molar-refractivity contribution in [3.05, 3.63) is 46.8 Å². The smallest absolute Gasteiger partial charge is 0.246 e. The molecule has 1 rings (SSSR count). The van der Waals surface area contributed by atoms with Gasteiger partial charge >= 0.3 is 0 Å². The average Bonchev–Trinajstić information content (AvgIpc) is 2.49. The maximum atomic E-state index is 13.7. The summed E-state index contributed by atoms with van der Waals surface area (Å²) < 4.78 is 13.7. The summed E-state index contributed by atoms with van der Waals surface area (Å²) in [5.74, 6) is -0.360. The number of benzene rings is 1. The third-order valence-electron chi connectivity index (χ3n) is 3.90. The third-order valence-corrected chi connectivity index (χ3v) is 3.90. The minimum atomic E-state index is -0.377. The van der Waals surface area contributed by atoms with Crippen molar-refractivity contribution in [1.82, 2.24) is 5.48 Å². The number of hydrogen-bond donors (Lipinski definition) is 2. The lowest BCUT2D eigenvalue weighted by Crippen LogP contribution is -2.29. The largest absolute Gasteiger partial charge is 0.289 e. The van der Waals surface area contributed by atoms with Gasteiger partial charge in [-0.05, 0) is 62.1 Å². The predicted octanol–water partition coefficient (Wildman–Crippen LogP) is 4.49. The van der Waals surface area contributed by atoms with Crippen LogP contribution in [-0.2, 0) is 11.2 Å². The first-order valence-corrected chi connectivity index (χ1v) is 8.21. The van der Waals surface area contributed by atoms with E-state index in [-0.39, 0.29) is 17.6 Å². The molecule has 0 aliphatic rings. The van der Waals surface area contributed by atoms with Crippen molar-refractivity contribution in [3.63, 3.8) is 0 Å². The number of hydroxylamine groups is 1. The van der Waals surface area contributed by atoms with Crippen LogP contribution in [0.5, 0.6) is 0 Å². The van der Waals surface area contributed by atoms with Crippen LogP contribution in [0.15, 0.2) is 24.3 Å². The molecule has 1 amide bonds. The van der Waals surface area contributed by atoms with Gasteiger partial charge in [0.05, 0.1) is 0 Å². The molecule has 0 radical (unpaired) electrons. The second-order valence-electron chi connectivity index (χ2n) is 6.52. The number of carbonyl (C=O) groups is 1. The molecule has 0 spiro atoms. The number of halogens is 1. The lowest BCUT2D eigenvalue weighted by atomic mass is 9.91. The highest BCUT2D eigenvalue weighted by atomic mass is 19.1. The van der Waals surface area contributed by atoms with Crippen LogP contribution < -0.4 is 5.48 Å². The highest BCUT2D eigenvalue weighted by molar-refractivity contribution is 5.77. The van der Waals surface area contributed by atoms with Crippen LogP contribution >= 0.6 is 0 Å². The van der Waals surface area contributed by atoms with Gasteiger partial charge in [-0.1, -0.05) is 38.1 Å². The van der Waals surface area contributed by atoms with Gasteiger partial charge in [-0.15, -0.1) is 0 Å². The molecule has 2 N–H and O–H groups in total. The molecular weight excluding hydrogens is 293 g/mol. The van der Waals surface area contributed by atoms with Crippen molar-refractivity contribution < 1.29 is 14.4 Å². The molecule has 1 aromatic rings. The van der Waals surface area contributed by atoms with Crippen LogP contribution in [0, 0.1) is 31.5 Å². The number of hydrogen-bond acceptors (Lipinski definition) is 2. The maximum Gasteiger partial charge on any atom is 0.246 e. The van der Waals surface area contributed by atoms with Crippen LogP contribution in [0.4, 0.5) is 4.39 Å². The number of rotatable bonds is 8. The third kappa shape index (κ3) is 6.53. The summed E-state index contributed by atoms with van der Waals surface area (Å²) in [5, 5.41) is 8.94. The molecule has 1 atom stereocenters. The summed E-state index contributed by atoms with van der Waals surface area (Å²) in [7, 11) is 0. The standard InChI is InChI=1S/C19H28FNO2/c1-13(2)8-6-5-7-9-17(19(22)21-23)12-16-10-14(3)18(20)15(4)11-16/h6,8,10-11,13,17,23H,5,7,9,12H2,1-4H3,(H,21,22)/t17-/m0/s1. The zero-order valence-electron chi connectivity index (χ0n) is 14.5. The minimum Gasteiger partial charge on any atom is -0.289 e. The Bertz CT molecular complexity index is 529. The van der Waals surface area contributed by atoms with E-state index in [9.17, 15) is 9.18 Å². The lowest BCUT2D eigenvalue weighted by Gasteiger charge is -2.15. The van der Waals surface area contributed by atoms with Gasteiger partial charge in [0.25, 0.3) is 0 Å². The summed E-state index contributed by atoms with van der Waals surface area (Å²) in [6.07, 6.45) is 7.25. The van der Waals surface area contributed by atoms with Crippen LogP contribution in [0.2, 0.25) is 0 Å². The minimum absolute atomic E-state index is 0.198. The highest BCUT2D eigenvalue weighted by Gasteiger charge is 2.19. The molecule has 0 fully saturated rings. The van der Waals surface area contributed by atoms with Gasteiger partial charge in [-0.3, -0.25) is 10.0 Å². The molecule has 128 valence electrons. The normalized spacial score (nSPS) is 12.8. The van der Waals surface area contributed by atoms with E-state index < -0.39 is 0 Å². The molecule has 23 heavy (non-hydrogen) atoms. The van der Waals surface area contributed by atoms with Crippen LogP contribution in [-0.4, -0.2) is 11.1 Å². The summed E-state index contributed by atoms with van der Waals surface area (Å²) in [4.78, 5) is 11.9. The zero-order chi connectivity index (χ0) is 17.4. The van der Waals surface area contributed by atoms with Gasteiger partial charge in [0.15, 0.2) is 0 Å². The summed E-state index contributed by atoms with van der Waals surface area (Å²) in [5.41, 5.74) is 3.85. The summed E-state index contributed by atoms with van der Waals surface area (Å²) in [6.45, 7) is 7.70. The Hall–Kier alpha value is -1.68. The molecule has 0 heterocycles. The van der Waals surface area contributed by atoms with Crippen molar-refractivity contribution in [2.24, 2.45) is 11.8 Å². The average molecular weight is 321 g/mol. The van der Waals surface area contributed by atoms with Crippen molar-refractivity contribution in [3.8, 4) is 0 Å². The SMILES string of the molecule is Cc1cc(C[C@H](CCCC=CC(C)C)C(=O)NO)cc(C)c1F. The highest BCUT2D eigenvalue weighted by Crippen LogP contribution is 2.20. The molecule has 1 aromatic carbocycles. The Kier molecular flexibility index (Phi) is 7.96. The van der Waals surface area contributed by atoms with Crippen molar-refractivity contribution >= 4 is 5.91 Å². The molecule has 4 heteroatoms. The maximum absolute atomic E-state index is 13.7. The first-order valence-electron chi connectivity index (χ1n) is 8.21. The van der Waals surface area contributed by atoms with Gasteiger partial charge < -0.3 is 0 Å². The van der Waals surface area contributed by atoms with Crippen LogP contribution in [0.3, 0.4) is 0 Å². The fourth-order valence-electron chi connectivity index (χ4n) is 2.71. The Labute approximate surface area is 138 Å². The van der Waals surface area contributed by atoms with E-state index in [1.165, 1.54) is 0 Å². The van der Waals surface area contributed by atoms with E-state index in [2.05, 4.69) is 26.0 Å². The molecule has 0 saturated heterocycles.